The van der Waals surface area contributed by atoms with Gasteiger partial charge in [-0.2, -0.15) is 0 Å². The number of hydrogen-bond donors (Lipinski definition) is 0. The normalized spacial score (nSPS) is 29.7. The summed E-state index contributed by atoms with van der Waals surface area (Å²) in [4.78, 5) is 11.3. The summed E-state index contributed by atoms with van der Waals surface area (Å²) in [5.41, 5.74) is 0. The zero-order valence-electron chi connectivity index (χ0n) is 9.08. The summed E-state index contributed by atoms with van der Waals surface area (Å²) in [6.07, 6.45) is 1.12. The third kappa shape index (κ3) is 1.85. The summed E-state index contributed by atoms with van der Waals surface area (Å²) in [6, 6.07) is 0.550. The van der Waals surface area contributed by atoms with Gasteiger partial charge in [0.1, 0.15) is 0 Å². The van der Waals surface area contributed by atoms with E-state index in [9.17, 15) is 4.79 Å². The maximum Gasteiger partial charge on any atom is 0.233 e. The minimum Gasteiger partial charge on any atom is -0.275 e. The van der Waals surface area contributed by atoms with E-state index in [4.69, 9.17) is 0 Å². The van der Waals surface area contributed by atoms with E-state index >= 15 is 0 Å². The third-order valence-corrected chi connectivity index (χ3v) is 2.92. The lowest BCUT2D eigenvalue weighted by Gasteiger charge is -2.30. The Balaban J connectivity index is 2.74. The van der Waals surface area contributed by atoms with E-state index in [1.54, 1.807) is 6.92 Å². The summed E-state index contributed by atoms with van der Waals surface area (Å²) >= 11 is 0. The molecule has 0 aromatic carbocycles. The molecule has 2 atom stereocenters. The molecule has 3 nitrogen and oxygen atoms in total. The van der Waals surface area contributed by atoms with Crippen molar-refractivity contribution in [2.45, 2.75) is 40.2 Å². The largest absolute Gasteiger partial charge is 0.275 e. The molecule has 0 bridgehead atoms. The monoisotopic (exact) mass is 184 g/mol. The van der Waals surface area contributed by atoms with Gasteiger partial charge < -0.3 is 0 Å². The van der Waals surface area contributed by atoms with Crippen LogP contribution in [0.1, 0.15) is 34.1 Å². The summed E-state index contributed by atoms with van der Waals surface area (Å²) in [5.74, 6) is 0.776. The number of carbonyl (C=O) groups is 1. The zero-order chi connectivity index (χ0) is 10.0. The van der Waals surface area contributed by atoms with Crippen molar-refractivity contribution in [2.24, 2.45) is 5.92 Å². The first-order chi connectivity index (χ1) is 6.11. The molecule has 76 valence electrons. The smallest absolute Gasteiger partial charge is 0.233 e. The van der Waals surface area contributed by atoms with E-state index in [-0.39, 0.29) is 5.91 Å². The van der Waals surface area contributed by atoms with Gasteiger partial charge in [-0.1, -0.05) is 20.8 Å². The van der Waals surface area contributed by atoms with Crippen LogP contribution in [0.2, 0.25) is 0 Å². The molecule has 0 aromatic rings. The number of amides is 1. The Labute approximate surface area is 80.7 Å². The molecule has 0 radical (unpaired) electrons. The maximum atomic E-state index is 11.3. The van der Waals surface area contributed by atoms with Gasteiger partial charge in [0.15, 0.2) is 0 Å². The van der Waals surface area contributed by atoms with Gasteiger partial charge in [0, 0.05) is 26.1 Å². The third-order valence-electron chi connectivity index (χ3n) is 2.92. The molecule has 1 rings (SSSR count). The lowest BCUT2D eigenvalue weighted by molar-refractivity contribution is -0.143. The van der Waals surface area contributed by atoms with Crippen molar-refractivity contribution in [2.75, 3.05) is 13.1 Å². The van der Waals surface area contributed by atoms with Gasteiger partial charge in [0.2, 0.25) is 5.91 Å². The molecule has 2 unspecified atom stereocenters. The summed E-state index contributed by atoms with van der Waals surface area (Å²) in [7, 11) is 0. The van der Waals surface area contributed by atoms with Crippen LogP contribution < -0.4 is 0 Å². The van der Waals surface area contributed by atoms with Gasteiger partial charge in [0.25, 0.3) is 0 Å². The van der Waals surface area contributed by atoms with Crippen LogP contribution in [0.25, 0.3) is 0 Å². The van der Waals surface area contributed by atoms with E-state index in [1.807, 2.05) is 5.01 Å². The molecule has 1 fully saturated rings. The highest BCUT2D eigenvalue weighted by molar-refractivity contribution is 5.73. The zero-order valence-corrected chi connectivity index (χ0v) is 9.08. The first-order valence-corrected chi connectivity index (χ1v) is 5.16. The van der Waals surface area contributed by atoms with E-state index in [2.05, 4.69) is 25.8 Å². The fourth-order valence-corrected chi connectivity index (χ4v) is 2.30. The van der Waals surface area contributed by atoms with Gasteiger partial charge in [-0.05, 0) is 12.3 Å². The van der Waals surface area contributed by atoms with Crippen LogP contribution in [0.5, 0.6) is 0 Å². The van der Waals surface area contributed by atoms with Gasteiger partial charge in [-0.15, -0.1) is 0 Å². The van der Waals surface area contributed by atoms with Gasteiger partial charge >= 0.3 is 0 Å². The predicted molar refractivity (Wildman–Crippen MR) is 53.0 cm³/mol. The lowest BCUT2D eigenvalue weighted by atomic mass is 10.0. The molecule has 1 saturated heterocycles. The average molecular weight is 184 g/mol. The highest BCUT2D eigenvalue weighted by Crippen LogP contribution is 2.25. The topological polar surface area (TPSA) is 23.6 Å². The Hall–Kier alpha value is -0.570. The molecule has 1 aliphatic heterocycles. The average Bonchev–Trinajstić information content (AvgIpc) is 2.41. The highest BCUT2D eigenvalue weighted by atomic mass is 16.2. The van der Waals surface area contributed by atoms with Crippen LogP contribution in [0.4, 0.5) is 0 Å². The quantitative estimate of drug-likeness (QED) is 0.649. The molecular weight excluding hydrogens is 164 g/mol. The Morgan fingerprint density at radius 1 is 1.46 bits per heavy atom. The number of nitrogens with zero attached hydrogens (tertiary/aromatic N) is 2. The van der Waals surface area contributed by atoms with Crippen molar-refractivity contribution in [1.82, 2.24) is 10.0 Å². The van der Waals surface area contributed by atoms with Crippen molar-refractivity contribution >= 4 is 5.91 Å². The molecule has 1 amide bonds. The second-order valence-corrected chi connectivity index (χ2v) is 3.81. The number of hydrazine groups is 1. The molecule has 1 heterocycles. The maximum absolute atomic E-state index is 11.3. The van der Waals surface area contributed by atoms with Crippen LogP contribution in [-0.2, 0) is 4.79 Å². The molecule has 13 heavy (non-hydrogen) atoms. The Morgan fingerprint density at radius 3 is 2.46 bits per heavy atom. The first kappa shape index (κ1) is 10.5. The number of hydrogen-bond acceptors (Lipinski definition) is 2. The van der Waals surface area contributed by atoms with Crippen molar-refractivity contribution in [3.63, 3.8) is 0 Å². The fourth-order valence-electron chi connectivity index (χ4n) is 2.30. The fraction of sp³-hybridized carbons (Fsp3) is 0.900. The Bertz CT molecular complexity index is 193. The van der Waals surface area contributed by atoms with Crippen LogP contribution >= 0.6 is 0 Å². The summed E-state index contributed by atoms with van der Waals surface area (Å²) < 4.78 is 0. The second-order valence-electron chi connectivity index (χ2n) is 3.81. The van der Waals surface area contributed by atoms with Crippen molar-refractivity contribution in [3.05, 3.63) is 0 Å². The molecule has 0 saturated carbocycles. The first-order valence-electron chi connectivity index (χ1n) is 5.16. The summed E-state index contributed by atoms with van der Waals surface area (Å²) in [6.45, 7) is 9.99. The van der Waals surface area contributed by atoms with E-state index in [0.29, 0.717) is 12.0 Å². The van der Waals surface area contributed by atoms with Gasteiger partial charge in [0.05, 0.1) is 0 Å². The van der Waals surface area contributed by atoms with E-state index in [0.717, 1.165) is 19.5 Å². The SMILES string of the molecule is CCC1C(C)CN(C(C)=O)N1CC. The molecule has 1 aliphatic rings. The molecule has 0 spiro atoms. The van der Waals surface area contributed by atoms with Crippen LogP contribution in [0.3, 0.4) is 0 Å². The Morgan fingerprint density at radius 2 is 2.08 bits per heavy atom. The van der Waals surface area contributed by atoms with E-state index in [1.165, 1.54) is 0 Å². The molecule has 3 heteroatoms. The standard InChI is InChI=1S/C10H20N2O/c1-5-10-8(3)7-12(9(4)13)11(10)6-2/h8,10H,5-7H2,1-4H3. The molecule has 0 N–H and O–H groups in total. The minimum atomic E-state index is 0.171. The van der Waals surface area contributed by atoms with Crippen molar-refractivity contribution < 1.29 is 4.79 Å². The van der Waals surface area contributed by atoms with E-state index < -0.39 is 0 Å². The molecular formula is C10H20N2O. The van der Waals surface area contributed by atoms with Crippen LogP contribution in [0.15, 0.2) is 0 Å². The number of rotatable bonds is 2. The van der Waals surface area contributed by atoms with Crippen LogP contribution in [0, 0.1) is 5.92 Å². The number of carbonyl (C=O) groups excluding carboxylic acids is 1. The Kier molecular flexibility index (Phi) is 3.31. The highest BCUT2D eigenvalue weighted by Gasteiger charge is 2.36. The lowest BCUT2D eigenvalue weighted by Crippen LogP contribution is -2.43. The second kappa shape index (κ2) is 4.09. The predicted octanol–water partition coefficient (Wildman–Crippen LogP) is 1.50. The van der Waals surface area contributed by atoms with Crippen molar-refractivity contribution in [1.29, 1.82) is 0 Å². The van der Waals surface area contributed by atoms with Crippen molar-refractivity contribution in [3.8, 4) is 0 Å². The molecule has 0 aromatic heterocycles. The minimum absolute atomic E-state index is 0.171. The van der Waals surface area contributed by atoms with Gasteiger partial charge in [-0.3, -0.25) is 9.80 Å². The van der Waals surface area contributed by atoms with Crippen LogP contribution in [-0.4, -0.2) is 35.1 Å². The summed E-state index contributed by atoms with van der Waals surface area (Å²) in [5, 5.41) is 4.09. The molecule has 0 aliphatic carbocycles. The van der Waals surface area contributed by atoms with Gasteiger partial charge in [-0.25, -0.2) is 5.01 Å².